The van der Waals surface area contributed by atoms with Crippen molar-refractivity contribution in [3.63, 3.8) is 0 Å². The first-order valence-corrected chi connectivity index (χ1v) is 6.87. The van der Waals surface area contributed by atoms with Crippen molar-refractivity contribution in [1.82, 2.24) is 0 Å². The Balaban J connectivity index is 1.92. The highest BCUT2D eigenvalue weighted by atomic mass is 79.9. The van der Waals surface area contributed by atoms with Crippen LogP contribution in [0.3, 0.4) is 0 Å². The zero-order chi connectivity index (χ0) is 12.3. The molecular weight excluding hydrogens is 280 g/mol. The average molecular weight is 297 g/mol. The Morgan fingerprint density at radius 3 is 3.00 bits per heavy atom. The fraction of sp³-hybridized carbons (Fsp3) is 0.500. The van der Waals surface area contributed by atoms with Gasteiger partial charge < -0.3 is 4.74 Å². The van der Waals surface area contributed by atoms with Gasteiger partial charge in [0.2, 0.25) is 0 Å². The summed E-state index contributed by atoms with van der Waals surface area (Å²) in [5, 5.41) is 0. The highest BCUT2D eigenvalue weighted by Gasteiger charge is 2.17. The topological polar surface area (TPSA) is 26.3 Å². The van der Waals surface area contributed by atoms with E-state index in [2.05, 4.69) is 15.9 Å². The molecule has 0 saturated carbocycles. The van der Waals surface area contributed by atoms with Crippen molar-refractivity contribution >= 4 is 21.7 Å². The molecule has 1 aromatic rings. The molecule has 17 heavy (non-hydrogen) atoms. The lowest BCUT2D eigenvalue weighted by Gasteiger charge is -2.08. The van der Waals surface area contributed by atoms with Gasteiger partial charge in [-0.25, -0.2) is 0 Å². The summed E-state index contributed by atoms with van der Waals surface area (Å²) in [6, 6.07) is 5.77. The van der Waals surface area contributed by atoms with Crippen LogP contribution in [0.1, 0.15) is 41.6 Å². The summed E-state index contributed by atoms with van der Waals surface area (Å²) < 4.78 is 6.57. The quantitative estimate of drug-likeness (QED) is 0.788. The number of carbonyl (C=O) groups is 1. The Morgan fingerprint density at radius 2 is 2.35 bits per heavy atom. The standard InChI is InChI=1S/C14H17BrO2/c1-10-9-11(4-6-13(10)15)14(16)7-5-12-3-2-8-17-12/h4,6,9,12H,2-3,5,7-8H2,1H3. The molecule has 3 heteroatoms. The number of carbonyl (C=O) groups excluding carboxylic acids is 1. The number of rotatable bonds is 4. The minimum atomic E-state index is 0.219. The van der Waals surface area contributed by atoms with E-state index >= 15 is 0 Å². The van der Waals surface area contributed by atoms with Gasteiger partial charge in [-0.1, -0.05) is 22.0 Å². The first-order valence-electron chi connectivity index (χ1n) is 6.08. The van der Waals surface area contributed by atoms with Gasteiger partial charge in [0, 0.05) is 23.1 Å². The van der Waals surface area contributed by atoms with E-state index in [-0.39, 0.29) is 5.78 Å². The van der Waals surface area contributed by atoms with Gasteiger partial charge >= 0.3 is 0 Å². The van der Waals surface area contributed by atoms with Crippen LogP contribution in [-0.2, 0) is 4.74 Å². The maximum absolute atomic E-state index is 12.0. The predicted octanol–water partition coefficient (Wildman–Crippen LogP) is 3.90. The zero-order valence-corrected chi connectivity index (χ0v) is 11.6. The third-order valence-electron chi connectivity index (χ3n) is 3.20. The smallest absolute Gasteiger partial charge is 0.162 e. The van der Waals surface area contributed by atoms with Crippen LogP contribution in [0.15, 0.2) is 22.7 Å². The molecule has 1 aliphatic rings. The van der Waals surface area contributed by atoms with Crippen molar-refractivity contribution in [3.8, 4) is 0 Å². The van der Waals surface area contributed by atoms with Crippen LogP contribution in [0, 0.1) is 6.92 Å². The van der Waals surface area contributed by atoms with E-state index in [0.29, 0.717) is 12.5 Å². The molecule has 0 radical (unpaired) electrons. The van der Waals surface area contributed by atoms with Crippen molar-refractivity contribution in [2.24, 2.45) is 0 Å². The average Bonchev–Trinajstić information content (AvgIpc) is 2.82. The van der Waals surface area contributed by atoms with Crippen LogP contribution < -0.4 is 0 Å². The van der Waals surface area contributed by atoms with Gasteiger partial charge in [0.25, 0.3) is 0 Å². The zero-order valence-electron chi connectivity index (χ0n) is 10.0. The number of Topliss-reactive ketones (excluding diaryl/α,β-unsaturated/α-hetero) is 1. The van der Waals surface area contributed by atoms with Crippen LogP contribution in [0.5, 0.6) is 0 Å². The van der Waals surface area contributed by atoms with Crippen LogP contribution in [0.4, 0.5) is 0 Å². The second kappa shape index (κ2) is 5.78. The fourth-order valence-electron chi connectivity index (χ4n) is 2.13. The molecule has 0 bridgehead atoms. The lowest BCUT2D eigenvalue weighted by Crippen LogP contribution is -2.09. The lowest BCUT2D eigenvalue weighted by molar-refractivity contribution is 0.0859. The van der Waals surface area contributed by atoms with E-state index in [0.717, 1.165) is 41.5 Å². The first kappa shape index (κ1) is 12.8. The third-order valence-corrected chi connectivity index (χ3v) is 4.09. The summed E-state index contributed by atoms with van der Waals surface area (Å²) in [5.74, 6) is 0.219. The molecule has 1 aromatic carbocycles. The van der Waals surface area contributed by atoms with Gasteiger partial charge in [-0.3, -0.25) is 4.79 Å². The number of halogens is 1. The number of ketones is 1. The summed E-state index contributed by atoms with van der Waals surface area (Å²) >= 11 is 3.44. The molecule has 1 unspecified atom stereocenters. The molecule has 2 nitrogen and oxygen atoms in total. The monoisotopic (exact) mass is 296 g/mol. The number of hydrogen-bond donors (Lipinski definition) is 0. The SMILES string of the molecule is Cc1cc(C(=O)CCC2CCCO2)ccc1Br. The van der Waals surface area contributed by atoms with E-state index in [1.165, 1.54) is 0 Å². The van der Waals surface area contributed by atoms with Gasteiger partial charge in [-0.15, -0.1) is 0 Å². The molecule has 1 fully saturated rings. The molecule has 2 rings (SSSR count). The van der Waals surface area contributed by atoms with Gasteiger partial charge in [0.15, 0.2) is 5.78 Å². The number of ether oxygens (including phenoxy) is 1. The second-order valence-corrected chi connectivity index (χ2v) is 5.42. The van der Waals surface area contributed by atoms with Crippen LogP contribution in [-0.4, -0.2) is 18.5 Å². The molecule has 1 atom stereocenters. The van der Waals surface area contributed by atoms with Gasteiger partial charge in [-0.05, 0) is 43.9 Å². The minimum Gasteiger partial charge on any atom is -0.378 e. The molecule has 0 amide bonds. The van der Waals surface area contributed by atoms with Crippen molar-refractivity contribution in [1.29, 1.82) is 0 Å². The Bertz CT molecular complexity index is 409. The Kier molecular flexibility index (Phi) is 4.35. The molecule has 92 valence electrons. The van der Waals surface area contributed by atoms with Crippen LogP contribution in [0.2, 0.25) is 0 Å². The summed E-state index contributed by atoms with van der Waals surface area (Å²) in [5.41, 5.74) is 1.91. The van der Waals surface area contributed by atoms with Crippen molar-refractivity contribution in [2.45, 2.75) is 38.7 Å². The summed E-state index contributed by atoms with van der Waals surface area (Å²) in [6.45, 7) is 2.86. The first-order chi connectivity index (χ1) is 8.16. The van der Waals surface area contributed by atoms with E-state index in [1.807, 2.05) is 25.1 Å². The van der Waals surface area contributed by atoms with E-state index < -0.39 is 0 Å². The Morgan fingerprint density at radius 1 is 1.53 bits per heavy atom. The Hall–Kier alpha value is -0.670. The number of hydrogen-bond acceptors (Lipinski definition) is 2. The molecule has 0 aromatic heterocycles. The van der Waals surface area contributed by atoms with Gasteiger partial charge in [-0.2, -0.15) is 0 Å². The number of aryl methyl sites for hydroxylation is 1. The number of benzene rings is 1. The van der Waals surface area contributed by atoms with Crippen LogP contribution >= 0.6 is 15.9 Å². The maximum atomic E-state index is 12.0. The molecule has 1 heterocycles. The normalized spacial score (nSPS) is 19.5. The second-order valence-electron chi connectivity index (χ2n) is 4.56. The summed E-state index contributed by atoms with van der Waals surface area (Å²) in [6.07, 6.45) is 3.98. The van der Waals surface area contributed by atoms with Crippen molar-refractivity contribution < 1.29 is 9.53 Å². The minimum absolute atomic E-state index is 0.219. The van der Waals surface area contributed by atoms with Gasteiger partial charge in [0.05, 0.1) is 6.10 Å². The highest BCUT2D eigenvalue weighted by molar-refractivity contribution is 9.10. The summed E-state index contributed by atoms with van der Waals surface area (Å²) in [4.78, 5) is 12.0. The maximum Gasteiger partial charge on any atom is 0.162 e. The summed E-state index contributed by atoms with van der Waals surface area (Å²) in [7, 11) is 0. The largest absolute Gasteiger partial charge is 0.378 e. The van der Waals surface area contributed by atoms with Crippen LogP contribution in [0.25, 0.3) is 0 Å². The molecule has 1 aliphatic heterocycles. The van der Waals surface area contributed by atoms with Crippen molar-refractivity contribution in [3.05, 3.63) is 33.8 Å². The van der Waals surface area contributed by atoms with E-state index in [1.54, 1.807) is 0 Å². The molecule has 0 aliphatic carbocycles. The predicted molar refractivity (Wildman–Crippen MR) is 71.4 cm³/mol. The highest BCUT2D eigenvalue weighted by Crippen LogP contribution is 2.21. The molecule has 0 spiro atoms. The lowest BCUT2D eigenvalue weighted by atomic mass is 10.0. The van der Waals surface area contributed by atoms with E-state index in [4.69, 9.17) is 4.74 Å². The molecule has 1 saturated heterocycles. The molecular formula is C14H17BrO2. The van der Waals surface area contributed by atoms with Gasteiger partial charge in [0.1, 0.15) is 0 Å². The van der Waals surface area contributed by atoms with Crippen molar-refractivity contribution in [2.75, 3.05) is 6.61 Å². The van der Waals surface area contributed by atoms with E-state index in [9.17, 15) is 4.79 Å². The molecule has 0 N–H and O–H groups in total. The fourth-order valence-corrected chi connectivity index (χ4v) is 2.37. The Labute approximate surface area is 110 Å². The third kappa shape index (κ3) is 3.39.